The molecule has 1 heterocycles. The van der Waals surface area contributed by atoms with Crippen LogP contribution in [-0.2, 0) is 6.54 Å². The average molecular weight is 273 g/mol. The van der Waals surface area contributed by atoms with E-state index in [1.807, 2.05) is 36.1 Å². The third kappa shape index (κ3) is 3.53. The molecule has 0 aliphatic heterocycles. The van der Waals surface area contributed by atoms with Gasteiger partial charge < -0.3 is 9.63 Å². The largest absolute Gasteiger partial charge is 0.395 e. The minimum absolute atomic E-state index is 0.0899. The molecule has 1 aromatic heterocycles. The molecule has 5 heteroatoms. The molecule has 5 nitrogen and oxygen atoms in total. The van der Waals surface area contributed by atoms with Crippen molar-refractivity contribution in [3.05, 3.63) is 48.4 Å². The fourth-order valence-electron chi connectivity index (χ4n) is 2.00. The second-order valence-corrected chi connectivity index (χ2v) is 4.57. The molecule has 1 N–H and O–H groups in total. The fraction of sp³-hybridized carbons (Fsp3) is 0.333. The van der Waals surface area contributed by atoms with Crippen molar-refractivity contribution in [1.29, 1.82) is 0 Å². The summed E-state index contributed by atoms with van der Waals surface area (Å²) in [5.74, 6) is 1.14. The Morgan fingerprint density at radius 3 is 2.90 bits per heavy atom. The quantitative estimate of drug-likeness (QED) is 0.782. The number of aryl methyl sites for hydroxylation is 1. The fourth-order valence-corrected chi connectivity index (χ4v) is 2.00. The van der Waals surface area contributed by atoms with E-state index in [0.29, 0.717) is 31.3 Å². The Labute approximate surface area is 118 Å². The molecule has 20 heavy (non-hydrogen) atoms. The molecule has 0 saturated heterocycles. The molecular formula is C15H19N3O2. The number of benzene rings is 1. The SMILES string of the molecule is C=CCN(CCO)Cc1nc(-c2ccccc2C)no1. The first-order chi connectivity index (χ1) is 9.74. The first-order valence-corrected chi connectivity index (χ1v) is 6.57. The monoisotopic (exact) mass is 273 g/mol. The van der Waals surface area contributed by atoms with E-state index in [0.717, 1.165) is 11.1 Å². The minimum atomic E-state index is 0.0899. The van der Waals surface area contributed by atoms with E-state index >= 15 is 0 Å². The van der Waals surface area contributed by atoms with Gasteiger partial charge in [-0.25, -0.2) is 0 Å². The molecule has 0 spiro atoms. The lowest BCUT2D eigenvalue weighted by Crippen LogP contribution is -2.26. The van der Waals surface area contributed by atoms with Gasteiger partial charge >= 0.3 is 0 Å². The van der Waals surface area contributed by atoms with Gasteiger partial charge in [-0.2, -0.15) is 4.98 Å². The Morgan fingerprint density at radius 1 is 1.40 bits per heavy atom. The van der Waals surface area contributed by atoms with Crippen molar-refractivity contribution in [1.82, 2.24) is 15.0 Å². The number of aromatic nitrogens is 2. The van der Waals surface area contributed by atoms with Gasteiger partial charge in [-0.05, 0) is 12.5 Å². The van der Waals surface area contributed by atoms with E-state index in [4.69, 9.17) is 9.63 Å². The predicted molar refractivity (Wildman–Crippen MR) is 77.0 cm³/mol. The molecule has 0 saturated carbocycles. The van der Waals surface area contributed by atoms with Gasteiger partial charge in [0.25, 0.3) is 0 Å². The first-order valence-electron chi connectivity index (χ1n) is 6.57. The van der Waals surface area contributed by atoms with Crippen LogP contribution in [0.5, 0.6) is 0 Å². The second kappa shape index (κ2) is 6.98. The van der Waals surface area contributed by atoms with Crippen LogP contribution in [0.3, 0.4) is 0 Å². The maximum absolute atomic E-state index is 9.02. The Kier molecular flexibility index (Phi) is 5.03. The maximum atomic E-state index is 9.02. The lowest BCUT2D eigenvalue weighted by Gasteiger charge is -2.16. The van der Waals surface area contributed by atoms with Gasteiger partial charge in [0.05, 0.1) is 13.2 Å². The van der Waals surface area contributed by atoms with Gasteiger partial charge in [-0.1, -0.05) is 35.5 Å². The molecule has 2 aromatic rings. The number of nitrogens with zero attached hydrogens (tertiary/aromatic N) is 3. The molecular weight excluding hydrogens is 254 g/mol. The van der Waals surface area contributed by atoms with Crippen molar-refractivity contribution in [2.45, 2.75) is 13.5 Å². The van der Waals surface area contributed by atoms with E-state index in [2.05, 4.69) is 16.7 Å². The first kappa shape index (κ1) is 14.4. The van der Waals surface area contributed by atoms with E-state index < -0.39 is 0 Å². The van der Waals surface area contributed by atoms with Gasteiger partial charge in [0.15, 0.2) is 0 Å². The summed E-state index contributed by atoms with van der Waals surface area (Å²) in [5.41, 5.74) is 2.08. The molecule has 0 atom stereocenters. The summed E-state index contributed by atoms with van der Waals surface area (Å²) in [6, 6.07) is 7.92. The summed E-state index contributed by atoms with van der Waals surface area (Å²) in [4.78, 5) is 6.40. The van der Waals surface area contributed by atoms with E-state index in [-0.39, 0.29) is 6.61 Å². The molecule has 2 rings (SSSR count). The summed E-state index contributed by atoms with van der Waals surface area (Å²) in [7, 11) is 0. The molecule has 0 unspecified atom stereocenters. The maximum Gasteiger partial charge on any atom is 0.241 e. The van der Waals surface area contributed by atoms with Crippen LogP contribution in [0.15, 0.2) is 41.4 Å². The highest BCUT2D eigenvalue weighted by atomic mass is 16.5. The average Bonchev–Trinajstić information content (AvgIpc) is 2.88. The zero-order valence-corrected chi connectivity index (χ0v) is 11.6. The lowest BCUT2D eigenvalue weighted by molar-refractivity contribution is 0.186. The summed E-state index contributed by atoms with van der Waals surface area (Å²) < 4.78 is 5.28. The summed E-state index contributed by atoms with van der Waals surface area (Å²) in [5, 5.41) is 13.0. The Morgan fingerprint density at radius 2 is 2.20 bits per heavy atom. The van der Waals surface area contributed by atoms with Crippen LogP contribution in [0, 0.1) is 6.92 Å². The normalized spacial score (nSPS) is 10.9. The summed E-state index contributed by atoms with van der Waals surface area (Å²) in [6.45, 7) is 7.53. The Balaban J connectivity index is 2.12. The van der Waals surface area contributed by atoms with Crippen LogP contribution >= 0.6 is 0 Å². The van der Waals surface area contributed by atoms with E-state index in [9.17, 15) is 0 Å². The van der Waals surface area contributed by atoms with Gasteiger partial charge in [0, 0.05) is 18.7 Å². The highest BCUT2D eigenvalue weighted by molar-refractivity contribution is 5.58. The topological polar surface area (TPSA) is 62.4 Å². The molecule has 0 aliphatic rings. The van der Waals surface area contributed by atoms with Crippen LogP contribution in [0.25, 0.3) is 11.4 Å². The van der Waals surface area contributed by atoms with Gasteiger partial charge in [-0.15, -0.1) is 6.58 Å². The lowest BCUT2D eigenvalue weighted by atomic mass is 10.1. The summed E-state index contributed by atoms with van der Waals surface area (Å²) in [6.07, 6.45) is 1.79. The third-order valence-corrected chi connectivity index (χ3v) is 3.02. The molecule has 106 valence electrons. The number of hydrogen-bond acceptors (Lipinski definition) is 5. The molecule has 1 aromatic carbocycles. The number of aliphatic hydroxyl groups is 1. The smallest absolute Gasteiger partial charge is 0.241 e. The van der Waals surface area contributed by atoms with Crippen LogP contribution in [0.1, 0.15) is 11.5 Å². The molecule has 0 radical (unpaired) electrons. The van der Waals surface area contributed by atoms with E-state index in [1.54, 1.807) is 6.08 Å². The molecule has 0 fully saturated rings. The zero-order chi connectivity index (χ0) is 14.4. The van der Waals surface area contributed by atoms with Crippen molar-refractivity contribution >= 4 is 0 Å². The van der Waals surface area contributed by atoms with Crippen molar-refractivity contribution in [2.24, 2.45) is 0 Å². The molecule has 0 amide bonds. The van der Waals surface area contributed by atoms with Crippen molar-refractivity contribution in [3.63, 3.8) is 0 Å². The zero-order valence-electron chi connectivity index (χ0n) is 11.6. The van der Waals surface area contributed by atoms with Crippen molar-refractivity contribution in [2.75, 3.05) is 19.7 Å². The minimum Gasteiger partial charge on any atom is -0.395 e. The highest BCUT2D eigenvalue weighted by Crippen LogP contribution is 2.20. The van der Waals surface area contributed by atoms with Crippen LogP contribution in [0.4, 0.5) is 0 Å². The van der Waals surface area contributed by atoms with Crippen LogP contribution in [0.2, 0.25) is 0 Å². The number of rotatable bonds is 7. The molecule has 0 aliphatic carbocycles. The van der Waals surface area contributed by atoms with E-state index in [1.165, 1.54) is 0 Å². The summed E-state index contributed by atoms with van der Waals surface area (Å²) >= 11 is 0. The van der Waals surface area contributed by atoms with Gasteiger partial charge in [0.2, 0.25) is 11.7 Å². The number of aliphatic hydroxyl groups excluding tert-OH is 1. The Hall–Kier alpha value is -1.98. The second-order valence-electron chi connectivity index (χ2n) is 4.57. The predicted octanol–water partition coefficient (Wildman–Crippen LogP) is 2.03. The van der Waals surface area contributed by atoms with Gasteiger partial charge in [0.1, 0.15) is 0 Å². The standard InChI is InChI=1S/C15H19N3O2/c1-3-8-18(9-10-19)11-14-16-15(17-20-14)13-7-5-4-6-12(13)2/h3-7,19H,1,8-11H2,2H3. The number of hydrogen-bond donors (Lipinski definition) is 1. The third-order valence-electron chi connectivity index (χ3n) is 3.02. The van der Waals surface area contributed by atoms with Crippen molar-refractivity contribution in [3.8, 4) is 11.4 Å². The van der Waals surface area contributed by atoms with Crippen LogP contribution < -0.4 is 0 Å². The van der Waals surface area contributed by atoms with Crippen LogP contribution in [-0.4, -0.2) is 39.8 Å². The highest BCUT2D eigenvalue weighted by Gasteiger charge is 2.13. The van der Waals surface area contributed by atoms with Crippen molar-refractivity contribution < 1.29 is 9.63 Å². The molecule has 0 bridgehead atoms. The van der Waals surface area contributed by atoms with Gasteiger partial charge in [-0.3, -0.25) is 4.90 Å². The Bertz CT molecular complexity index is 566.